The van der Waals surface area contributed by atoms with E-state index in [4.69, 9.17) is 9.47 Å². The summed E-state index contributed by atoms with van der Waals surface area (Å²) in [6, 6.07) is 10.2. The Hall–Kier alpha value is -3.79. The molecule has 0 fully saturated rings. The maximum absolute atomic E-state index is 12.2. The molecular formula is C20H21N3O7. The van der Waals surface area contributed by atoms with E-state index in [1.54, 1.807) is 24.3 Å². The number of benzene rings is 2. The van der Waals surface area contributed by atoms with Crippen molar-refractivity contribution >= 4 is 34.7 Å². The number of ketones is 1. The van der Waals surface area contributed by atoms with Crippen LogP contribution in [-0.4, -0.2) is 49.5 Å². The zero-order valence-electron chi connectivity index (χ0n) is 16.5. The fraction of sp³-hybridized carbons (Fsp3) is 0.250. The highest BCUT2D eigenvalue weighted by Crippen LogP contribution is 2.26. The minimum absolute atomic E-state index is 0.0732. The van der Waals surface area contributed by atoms with Crippen molar-refractivity contribution in [2.75, 3.05) is 37.5 Å². The van der Waals surface area contributed by atoms with Gasteiger partial charge < -0.3 is 20.1 Å². The average Bonchev–Trinajstić information content (AvgIpc) is 2.72. The van der Waals surface area contributed by atoms with Gasteiger partial charge in [0, 0.05) is 25.3 Å². The number of anilines is 2. The van der Waals surface area contributed by atoms with Gasteiger partial charge in [-0.15, -0.1) is 0 Å². The number of rotatable bonds is 10. The molecule has 0 saturated carbocycles. The van der Waals surface area contributed by atoms with Crippen LogP contribution in [0.1, 0.15) is 27.6 Å². The molecule has 30 heavy (non-hydrogen) atoms. The first kappa shape index (κ1) is 22.5. The van der Waals surface area contributed by atoms with Crippen LogP contribution in [0.3, 0.4) is 0 Å². The molecule has 10 heteroatoms. The van der Waals surface area contributed by atoms with Crippen LogP contribution in [-0.2, 0) is 14.3 Å². The van der Waals surface area contributed by atoms with E-state index in [0.29, 0.717) is 24.4 Å². The molecule has 158 valence electrons. The minimum Gasteiger partial charge on any atom is -0.452 e. The maximum atomic E-state index is 12.2. The molecule has 0 aliphatic heterocycles. The molecule has 10 nitrogen and oxygen atoms in total. The highest BCUT2D eigenvalue weighted by Gasteiger charge is 2.19. The first-order chi connectivity index (χ1) is 14.3. The Morgan fingerprint density at radius 1 is 1.10 bits per heavy atom. The van der Waals surface area contributed by atoms with Crippen LogP contribution in [0.4, 0.5) is 17.1 Å². The summed E-state index contributed by atoms with van der Waals surface area (Å²) in [6.45, 7) is 1.45. The summed E-state index contributed by atoms with van der Waals surface area (Å²) in [5, 5.41) is 16.6. The number of esters is 1. The second kappa shape index (κ2) is 10.7. The number of hydrogen-bond acceptors (Lipinski definition) is 8. The average molecular weight is 415 g/mol. The van der Waals surface area contributed by atoms with E-state index in [9.17, 15) is 24.5 Å². The third-order valence-corrected chi connectivity index (χ3v) is 3.97. The minimum atomic E-state index is -0.892. The molecule has 2 N–H and O–H groups in total. The molecule has 0 aliphatic carbocycles. The summed E-state index contributed by atoms with van der Waals surface area (Å²) in [4.78, 5) is 46.5. The Morgan fingerprint density at radius 2 is 1.83 bits per heavy atom. The lowest BCUT2D eigenvalue weighted by atomic mass is 10.1. The van der Waals surface area contributed by atoms with Gasteiger partial charge in [0.25, 0.3) is 11.6 Å². The van der Waals surface area contributed by atoms with Gasteiger partial charge in [0.05, 0.1) is 22.8 Å². The molecule has 0 bridgehead atoms. The number of ether oxygens (including phenoxy) is 2. The van der Waals surface area contributed by atoms with Crippen molar-refractivity contribution in [1.29, 1.82) is 0 Å². The van der Waals surface area contributed by atoms with Gasteiger partial charge in [-0.2, -0.15) is 0 Å². The molecule has 0 atom stereocenters. The molecule has 2 aromatic rings. The summed E-state index contributed by atoms with van der Waals surface area (Å²) in [7, 11) is 1.50. The Bertz CT molecular complexity index is 959. The monoisotopic (exact) mass is 415 g/mol. The van der Waals surface area contributed by atoms with E-state index in [-0.39, 0.29) is 22.7 Å². The summed E-state index contributed by atoms with van der Waals surface area (Å²) in [5.74, 6) is -1.77. The van der Waals surface area contributed by atoms with Gasteiger partial charge in [0.2, 0.25) is 0 Å². The van der Waals surface area contributed by atoms with Crippen molar-refractivity contribution in [3.05, 3.63) is 63.7 Å². The van der Waals surface area contributed by atoms with E-state index in [1.807, 2.05) is 0 Å². The van der Waals surface area contributed by atoms with E-state index in [1.165, 1.54) is 26.2 Å². The maximum Gasteiger partial charge on any atom is 0.338 e. The zero-order valence-corrected chi connectivity index (χ0v) is 16.5. The predicted octanol–water partition coefficient (Wildman–Crippen LogP) is 2.65. The molecule has 0 spiro atoms. The predicted molar refractivity (Wildman–Crippen MR) is 109 cm³/mol. The van der Waals surface area contributed by atoms with Crippen molar-refractivity contribution in [2.24, 2.45) is 0 Å². The van der Waals surface area contributed by atoms with Gasteiger partial charge in [-0.25, -0.2) is 4.79 Å². The van der Waals surface area contributed by atoms with Crippen LogP contribution in [0.25, 0.3) is 0 Å². The second-order valence-corrected chi connectivity index (χ2v) is 6.13. The number of amides is 1. The number of nitro benzene ring substituents is 1. The number of nitro groups is 1. The molecule has 1 amide bonds. The van der Waals surface area contributed by atoms with Gasteiger partial charge in [-0.1, -0.05) is 12.1 Å². The molecule has 0 aromatic heterocycles. The first-order valence-electron chi connectivity index (χ1n) is 8.91. The van der Waals surface area contributed by atoms with Crippen LogP contribution >= 0.6 is 0 Å². The van der Waals surface area contributed by atoms with Crippen LogP contribution in [0.5, 0.6) is 0 Å². The van der Waals surface area contributed by atoms with Crippen LogP contribution in [0.15, 0.2) is 42.5 Å². The fourth-order valence-electron chi connectivity index (χ4n) is 2.55. The third kappa shape index (κ3) is 6.11. The number of para-hydroxylation sites is 1. The Morgan fingerprint density at radius 3 is 2.50 bits per heavy atom. The highest BCUT2D eigenvalue weighted by atomic mass is 16.6. The lowest BCUT2D eigenvalue weighted by Crippen LogP contribution is -2.22. The van der Waals surface area contributed by atoms with E-state index >= 15 is 0 Å². The number of nitrogens with zero attached hydrogens (tertiary/aromatic N) is 1. The van der Waals surface area contributed by atoms with Crippen molar-refractivity contribution in [3.8, 4) is 0 Å². The van der Waals surface area contributed by atoms with Crippen molar-refractivity contribution in [2.45, 2.75) is 6.92 Å². The number of hydrogen-bond donors (Lipinski definition) is 2. The van der Waals surface area contributed by atoms with Crippen LogP contribution in [0, 0.1) is 10.1 Å². The number of methoxy groups -OCH3 is 1. The topological polar surface area (TPSA) is 137 Å². The summed E-state index contributed by atoms with van der Waals surface area (Å²) >= 11 is 0. The first-order valence-corrected chi connectivity index (χ1v) is 8.91. The molecule has 0 radical (unpaired) electrons. The van der Waals surface area contributed by atoms with Gasteiger partial charge in [0.15, 0.2) is 12.4 Å². The quantitative estimate of drug-likeness (QED) is 0.199. The van der Waals surface area contributed by atoms with Crippen molar-refractivity contribution in [1.82, 2.24) is 0 Å². The van der Waals surface area contributed by atoms with E-state index < -0.39 is 23.4 Å². The van der Waals surface area contributed by atoms with Gasteiger partial charge in [-0.05, 0) is 31.2 Å². The van der Waals surface area contributed by atoms with Crippen molar-refractivity contribution < 1.29 is 28.8 Å². The molecule has 0 unspecified atom stereocenters. The Balaban J connectivity index is 2.02. The smallest absolute Gasteiger partial charge is 0.338 e. The third-order valence-electron chi connectivity index (χ3n) is 3.97. The lowest BCUT2D eigenvalue weighted by Gasteiger charge is -2.10. The highest BCUT2D eigenvalue weighted by molar-refractivity contribution is 6.04. The van der Waals surface area contributed by atoms with Gasteiger partial charge in [-0.3, -0.25) is 19.7 Å². The number of nitrogens with one attached hydrogen (secondary N) is 2. The molecular weight excluding hydrogens is 394 g/mol. The van der Waals surface area contributed by atoms with Crippen molar-refractivity contribution in [3.63, 3.8) is 0 Å². The largest absolute Gasteiger partial charge is 0.452 e. The summed E-state index contributed by atoms with van der Waals surface area (Å²) in [6.07, 6.45) is 0. The summed E-state index contributed by atoms with van der Waals surface area (Å²) in [5.41, 5.74) is 0.473. The zero-order chi connectivity index (χ0) is 22.1. The van der Waals surface area contributed by atoms with E-state index in [2.05, 4.69) is 10.6 Å². The van der Waals surface area contributed by atoms with Gasteiger partial charge in [0.1, 0.15) is 5.69 Å². The summed E-state index contributed by atoms with van der Waals surface area (Å²) < 4.78 is 9.82. The number of carbonyl (C=O) groups is 3. The lowest BCUT2D eigenvalue weighted by molar-refractivity contribution is -0.384. The Kier molecular flexibility index (Phi) is 8.00. The molecule has 2 rings (SSSR count). The van der Waals surface area contributed by atoms with Gasteiger partial charge >= 0.3 is 5.97 Å². The molecule has 0 aliphatic rings. The second-order valence-electron chi connectivity index (χ2n) is 6.13. The molecule has 0 heterocycles. The van der Waals surface area contributed by atoms with Crippen LogP contribution in [0.2, 0.25) is 0 Å². The number of carbonyl (C=O) groups excluding carboxylic acids is 3. The standard InChI is InChI=1S/C20H21N3O7/c1-13(24)15-5-3-4-6-16(15)22-19(25)12-30-20(26)14-7-8-17(21-9-10-29-2)18(11-14)23(27)28/h3-8,11,21H,9-10,12H2,1-2H3,(H,22,25). The SMILES string of the molecule is COCCNc1ccc(C(=O)OCC(=O)Nc2ccccc2C(C)=O)cc1[N+](=O)[O-]. The normalized spacial score (nSPS) is 10.2. The molecule has 2 aromatic carbocycles. The van der Waals surface area contributed by atoms with E-state index in [0.717, 1.165) is 6.07 Å². The van der Waals surface area contributed by atoms with Crippen LogP contribution < -0.4 is 10.6 Å². The Labute approximate surface area is 172 Å². The number of Topliss-reactive ketones (excluding diaryl/α,β-unsaturated/α-hetero) is 1. The fourth-order valence-corrected chi connectivity index (χ4v) is 2.55. The molecule has 0 saturated heterocycles.